The van der Waals surface area contributed by atoms with Gasteiger partial charge in [0.2, 0.25) is 5.82 Å². The summed E-state index contributed by atoms with van der Waals surface area (Å²) in [6.07, 6.45) is 0.907. The highest BCUT2D eigenvalue weighted by Crippen LogP contribution is 2.21. The number of anilines is 1. The molecule has 0 radical (unpaired) electrons. The largest absolute Gasteiger partial charge is 0.484 e. The van der Waals surface area contributed by atoms with E-state index in [4.69, 9.17) is 4.74 Å². The minimum atomic E-state index is -0.958. The number of carbonyl (C=O) groups excluding carboxylic acids is 1. The molecule has 1 amide bonds. The van der Waals surface area contributed by atoms with Crippen LogP contribution in [0.15, 0.2) is 42.5 Å². The van der Waals surface area contributed by atoms with E-state index >= 15 is 0 Å². The number of ether oxygens (including phenoxy) is 1. The monoisotopic (exact) mass is 318 g/mol. The van der Waals surface area contributed by atoms with E-state index in [2.05, 4.69) is 5.32 Å². The predicted molar refractivity (Wildman–Crippen MR) is 83.0 cm³/mol. The van der Waals surface area contributed by atoms with Crippen LogP contribution >= 0.6 is 0 Å². The predicted octanol–water partition coefficient (Wildman–Crippen LogP) is 3.31. The standard InChI is InChI=1S/C16H15FN2O4/c1-2-11-3-6-13(7-4-11)23-10-16(20)18-12-5-8-14(17)15(9-12)19(21)22/h3-9H,2,10H2,1H3,(H,18,20). The third-order valence-electron chi connectivity index (χ3n) is 3.13. The maximum Gasteiger partial charge on any atom is 0.306 e. The molecule has 2 rings (SSSR count). The van der Waals surface area contributed by atoms with Gasteiger partial charge in [-0.2, -0.15) is 4.39 Å². The van der Waals surface area contributed by atoms with E-state index in [9.17, 15) is 19.3 Å². The molecule has 1 N–H and O–H groups in total. The van der Waals surface area contributed by atoms with Crippen LogP contribution in [0.25, 0.3) is 0 Å². The summed E-state index contributed by atoms with van der Waals surface area (Å²) in [4.78, 5) is 21.6. The number of benzene rings is 2. The molecule has 0 saturated carbocycles. The van der Waals surface area contributed by atoms with Crippen molar-refractivity contribution in [2.24, 2.45) is 0 Å². The number of nitrogens with one attached hydrogen (secondary N) is 1. The van der Waals surface area contributed by atoms with Crippen LogP contribution in [-0.4, -0.2) is 17.4 Å². The third-order valence-corrected chi connectivity index (χ3v) is 3.13. The summed E-state index contributed by atoms with van der Waals surface area (Å²) in [5, 5.41) is 13.1. The van der Waals surface area contributed by atoms with Crippen molar-refractivity contribution in [3.05, 3.63) is 64.0 Å². The van der Waals surface area contributed by atoms with Gasteiger partial charge in [-0.3, -0.25) is 14.9 Å². The molecule has 23 heavy (non-hydrogen) atoms. The quantitative estimate of drug-likeness (QED) is 0.654. The molecule has 0 saturated heterocycles. The van der Waals surface area contributed by atoms with Gasteiger partial charge in [0.1, 0.15) is 5.75 Å². The minimum absolute atomic E-state index is 0.132. The van der Waals surface area contributed by atoms with Gasteiger partial charge in [-0.05, 0) is 36.2 Å². The second kappa shape index (κ2) is 7.35. The van der Waals surface area contributed by atoms with Crippen molar-refractivity contribution >= 4 is 17.3 Å². The van der Waals surface area contributed by atoms with Crippen LogP contribution in [0.3, 0.4) is 0 Å². The normalized spacial score (nSPS) is 10.2. The van der Waals surface area contributed by atoms with Gasteiger partial charge >= 0.3 is 5.69 Å². The SMILES string of the molecule is CCc1ccc(OCC(=O)Nc2ccc(F)c([N+](=O)[O-])c2)cc1. The molecule has 0 aromatic heterocycles. The molecule has 0 spiro atoms. The first-order valence-corrected chi connectivity index (χ1v) is 6.95. The Kier molecular flexibility index (Phi) is 5.24. The van der Waals surface area contributed by atoms with E-state index in [0.717, 1.165) is 24.1 Å². The highest BCUT2D eigenvalue weighted by molar-refractivity contribution is 5.92. The van der Waals surface area contributed by atoms with Crippen molar-refractivity contribution in [3.63, 3.8) is 0 Å². The van der Waals surface area contributed by atoms with Crippen LogP contribution in [-0.2, 0) is 11.2 Å². The number of hydrogen-bond donors (Lipinski definition) is 1. The summed E-state index contributed by atoms with van der Waals surface area (Å²) in [5.74, 6) is -0.909. The molecule has 7 heteroatoms. The number of nitro benzene ring substituents is 1. The zero-order valence-corrected chi connectivity index (χ0v) is 12.4. The molecule has 120 valence electrons. The summed E-state index contributed by atoms with van der Waals surface area (Å²) in [6, 6.07) is 10.5. The van der Waals surface area contributed by atoms with Crippen LogP contribution in [0.5, 0.6) is 5.75 Å². The molecule has 0 fully saturated rings. The maximum absolute atomic E-state index is 13.2. The Morgan fingerprint density at radius 3 is 2.57 bits per heavy atom. The molecule has 0 aliphatic heterocycles. The topological polar surface area (TPSA) is 81.5 Å². The van der Waals surface area contributed by atoms with Gasteiger partial charge in [0.25, 0.3) is 5.91 Å². The van der Waals surface area contributed by atoms with Gasteiger partial charge in [0.05, 0.1) is 4.92 Å². The number of aryl methyl sites for hydroxylation is 1. The summed E-state index contributed by atoms with van der Waals surface area (Å²) in [6.45, 7) is 1.78. The first kappa shape index (κ1) is 16.4. The van der Waals surface area contributed by atoms with Gasteiger partial charge in [0, 0.05) is 11.8 Å². The molecule has 2 aromatic rings. The van der Waals surface area contributed by atoms with Crippen LogP contribution in [0.2, 0.25) is 0 Å². The van der Waals surface area contributed by atoms with E-state index < -0.39 is 22.3 Å². The van der Waals surface area contributed by atoms with Crippen LogP contribution in [0, 0.1) is 15.9 Å². The lowest BCUT2D eigenvalue weighted by molar-refractivity contribution is -0.387. The molecule has 0 atom stereocenters. The van der Waals surface area contributed by atoms with Gasteiger partial charge in [-0.1, -0.05) is 19.1 Å². The third kappa shape index (κ3) is 4.50. The summed E-state index contributed by atoms with van der Waals surface area (Å²) in [7, 11) is 0. The number of amides is 1. The molecule has 0 unspecified atom stereocenters. The minimum Gasteiger partial charge on any atom is -0.484 e. The van der Waals surface area contributed by atoms with Crippen molar-refractivity contribution in [2.75, 3.05) is 11.9 Å². The molecule has 2 aromatic carbocycles. The first-order chi connectivity index (χ1) is 11.0. The maximum atomic E-state index is 13.2. The molecule has 0 heterocycles. The summed E-state index contributed by atoms with van der Waals surface area (Å²) in [5.41, 5.74) is 0.590. The smallest absolute Gasteiger partial charge is 0.306 e. The van der Waals surface area contributed by atoms with Crippen LogP contribution in [0.4, 0.5) is 15.8 Å². The molecular weight excluding hydrogens is 303 g/mol. The number of nitrogens with zero attached hydrogens (tertiary/aromatic N) is 1. The lowest BCUT2D eigenvalue weighted by atomic mass is 10.2. The average Bonchev–Trinajstić information content (AvgIpc) is 2.55. The Hall–Kier alpha value is -2.96. The number of halogens is 1. The van der Waals surface area contributed by atoms with Crippen LogP contribution in [0.1, 0.15) is 12.5 Å². The Morgan fingerprint density at radius 1 is 1.26 bits per heavy atom. The highest BCUT2D eigenvalue weighted by atomic mass is 19.1. The van der Waals surface area contributed by atoms with Crippen molar-refractivity contribution in [3.8, 4) is 5.75 Å². The Balaban J connectivity index is 1.94. The van der Waals surface area contributed by atoms with E-state index in [1.54, 1.807) is 12.1 Å². The first-order valence-electron chi connectivity index (χ1n) is 6.95. The fourth-order valence-corrected chi connectivity index (χ4v) is 1.90. The van der Waals surface area contributed by atoms with E-state index in [-0.39, 0.29) is 12.3 Å². The van der Waals surface area contributed by atoms with Crippen molar-refractivity contribution in [1.29, 1.82) is 0 Å². The Morgan fingerprint density at radius 2 is 1.96 bits per heavy atom. The number of hydrogen-bond acceptors (Lipinski definition) is 4. The fourth-order valence-electron chi connectivity index (χ4n) is 1.90. The van der Waals surface area contributed by atoms with Gasteiger partial charge in [-0.25, -0.2) is 0 Å². The lowest BCUT2D eigenvalue weighted by Gasteiger charge is -2.08. The molecule has 6 nitrogen and oxygen atoms in total. The number of nitro groups is 1. The summed E-state index contributed by atoms with van der Waals surface area (Å²) >= 11 is 0. The number of carbonyl (C=O) groups is 1. The highest BCUT2D eigenvalue weighted by Gasteiger charge is 2.15. The molecule has 0 aliphatic rings. The van der Waals surface area contributed by atoms with E-state index in [1.165, 1.54) is 6.07 Å². The van der Waals surface area contributed by atoms with Crippen molar-refractivity contribution in [1.82, 2.24) is 0 Å². The van der Waals surface area contributed by atoms with Crippen molar-refractivity contribution < 1.29 is 18.8 Å². The lowest BCUT2D eigenvalue weighted by Crippen LogP contribution is -2.20. The van der Waals surface area contributed by atoms with Gasteiger partial charge in [0.15, 0.2) is 6.61 Å². The molecule has 0 bridgehead atoms. The zero-order chi connectivity index (χ0) is 16.8. The van der Waals surface area contributed by atoms with Gasteiger partial charge < -0.3 is 10.1 Å². The molecular formula is C16H15FN2O4. The van der Waals surface area contributed by atoms with E-state index in [0.29, 0.717) is 5.75 Å². The van der Waals surface area contributed by atoms with Gasteiger partial charge in [-0.15, -0.1) is 0 Å². The number of rotatable bonds is 6. The zero-order valence-electron chi connectivity index (χ0n) is 12.4. The Labute approximate surface area is 132 Å². The molecule has 0 aliphatic carbocycles. The van der Waals surface area contributed by atoms with E-state index in [1.807, 2.05) is 19.1 Å². The Bertz CT molecular complexity index is 717. The average molecular weight is 318 g/mol. The van der Waals surface area contributed by atoms with Crippen LogP contribution < -0.4 is 10.1 Å². The summed E-state index contributed by atoms with van der Waals surface area (Å²) < 4.78 is 18.5. The van der Waals surface area contributed by atoms with Crippen molar-refractivity contribution in [2.45, 2.75) is 13.3 Å². The second-order valence-corrected chi connectivity index (χ2v) is 4.76. The fraction of sp³-hybridized carbons (Fsp3) is 0.188. The second-order valence-electron chi connectivity index (χ2n) is 4.76.